The van der Waals surface area contributed by atoms with E-state index in [1.165, 1.54) is 22.9 Å². The number of halogens is 2. The van der Waals surface area contributed by atoms with Crippen molar-refractivity contribution in [1.82, 2.24) is 14.7 Å². The molecule has 132 valence electrons. The average molecular weight is 353 g/mol. The van der Waals surface area contributed by atoms with Gasteiger partial charge in [-0.3, -0.25) is 4.79 Å². The van der Waals surface area contributed by atoms with Gasteiger partial charge >= 0.3 is 0 Å². The predicted molar refractivity (Wildman–Crippen MR) is 94.1 cm³/mol. The van der Waals surface area contributed by atoms with Gasteiger partial charge in [0.1, 0.15) is 17.3 Å². The minimum absolute atomic E-state index is 0.151. The minimum atomic E-state index is -0.406. The quantitative estimate of drug-likeness (QED) is 0.712. The van der Waals surface area contributed by atoms with Gasteiger partial charge < -0.3 is 4.90 Å². The molecule has 4 nitrogen and oxygen atoms in total. The molecule has 0 atom stereocenters. The van der Waals surface area contributed by atoms with Crippen LogP contribution in [0.1, 0.15) is 23.3 Å². The molecule has 0 unspecified atom stereocenters. The number of aromatic nitrogens is 2. The number of carbonyl (C=O) groups excluding carboxylic acids is 1. The van der Waals surface area contributed by atoms with Gasteiger partial charge in [-0.1, -0.05) is 12.1 Å². The van der Waals surface area contributed by atoms with Crippen LogP contribution < -0.4 is 0 Å². The Bertz CT molecular complexity index is 944. The third kappa shape index (κ3) is 2.98. The summed E-state index contributed by atoms with van der Waals surface area (Å²) >= 11 is 0. The Hall–Kier alpha value is -3.02. The second kappa shape index (κ2) is 6.71. The molecule has 1 amide bonds. The SMILES string of the molecule is O=C(c1cc(-c2ccccc2F)nn1-c1ccc(F)cc1)N1CCCC1. The highest BCUT2D eigenvalue weighted by Crippen LogP contribution is 2.26. The van der Waals surface area contributed by atoms with E-state index < -0.39 is 5.82 Å². The van der Waals surface area contributed by atoms with Crippen molar-refractivity contribution in [2.45, 2.75) is 12.8 Å². The lowest BCUT2D eigenvalue weighted by Gasteiger charge is -2.16. The Morgan fingerprint density at radius 1 is 0.962 bits per heavy atom. The van der Waals surface area contributed by atoms with Gasteiger partial charge in [0.25, 0.3) is 5.91 Å². The van der Waals surface area contributed by atoms with Crippen LogP contribution in [0, 0.1) is 11.6 Å². The summed E-state index contributed by atoms with van der Waals surface area (Å²) < 4.78 is 28.9. The molecule has 1 aliphatic heterocycles. The number of nitrogens with zero attached hydrogens (tertiary/aromatic N) is 3. The fourth-order valence-corrected chi connectivity index (χ4v) is 3.20. The largest absolute Gasteiger partial charge is 0.337 e. The summed E-state index contributed by atoms with van der Waals surface area (Å²) in [5.74, 6) is -0.930. The Morgan fingerprint density at radius 3 is 2.35 bits per heavy atom. The van der Waals surface area contributed by atoms with Crippen LogP contribution in [0.25, 0.3) is 16.9 Å². The lowest BCUT2D eigenvalue weighted by molar-refractivity contribution is 0.0784. The number of hydrogen-bond acceptors (Lipinski definition) is 2. The van der Waals surface area contributed by atoms with Gasteiger partial charge in [-0.2, -0.15) is 5.10 Å². The molecule has 0 saturated carbocycles. The fraction of sp³-hybridized carbons (Fsp3) is 0.200. The molecule has 1 aliphatic rings. The summed E-state index contributed by atoms with van der Waals surface area (Å²) in [6, 6.07) is 13.6. The van der Waals surface area contributed by atoms with Crippen LogP contribution in [0.3, 0.4) is 0 Å². The fourth-order valence-electron chi connectivity index (χ4n) is 3.20. The summed E-state index contributed by atoms with van der Waals surface area (Å²) in [6.07, 6.45) is 1.94. The van der Waals surface area contributed by atoms with Crippen molar-refractivity contribution in [2.75, 3.05) is 13.1 Å². The molecule has 1 aromatic heterocycles. The van der Waals surface area contributed by atoms with Crippen LogP contribution in [0.15, 0.2) is 54.6 Å². The number of likely N-dealkylation sites (tertiary alicyclic amines) is 1. The number of rotatable bonds is 3. The number of hydrogen-bond donors (Lipinski definition) is 0. The molecule has 4 rings (SSSR count). The summed E-state index contributed by atoms with van der Waals surface area (Å²) in [5.41, 5.74) is 1.59. The summed E-state index contributed by atoms with van der Waals surface area (Å²) in [4.78, 5) is 14.7. The van der Waals surface area contributed by atoms with Crippen molar-refractivity contribution in [3.63, 3.8) is 0 Å². The molecular weight excluding hydrogens is 336 g/mol. The first-order valence-corrected chi connectivity index (χ1v) is 8.54. The molecule has 0 bridgehead atoms. The highest BCUT2D eigenvalue weighted by molar-refractivity contribution is 5.94. The van der Waals surface area contributed by atoms with Crippen molar-refractivity contribution >= 4 is 5.91 Å². The van der Waals surface area contributed by atoms with E-state index in [0.717, 1.165) is 12.8 Å². The normalized spacial score (nSPS) is 14.0. The molecular formula is C20H17F2N3O. The van der Waals surface area contributed by atoms with Crippen LogP contribution in [-0.4, -0.2) is 33.7 Å². The zero-order chi connectivity index (χ0) is 18.1. The van der Waals surface area contributed by atoms with E-state index in [1.54, 1.807) is 41.3 Å². The number of amides is 1. The molecule has 0 radical (unpaired) electrons. The van der Waals surface area contributed by atoms with Crippen LogP contribution in [0.5, 0.6) is 0 Å². The molecule has 0 N–H and O–H groups in total. The zero-order valence-corrected chi connectivity index (χ0v) is 14.0. The van der Waals surface area contributed by atoms with Crippen molar-refractivity contribution in [3.8, 4) is 16.9 Å². The monoisotopic (exact) mass is 353 g/mol. The summed E-state index contributed by atoms with van der Waals surface area (Å²) in [5, 5.41) is 4.44. The van der Waals surface area contributed by atoms with E-state index in [-0.39, 0.29) is 11.7 Å². The van der Waals surface area contributed by atoms with Crippen molar-refractivity contribution in [3.05, 3.63) is 71.9 Å². The maximum Gasteiger partial charge on any atom is 0.272 e. The van der Waals surface area contributed by atoms with Gasteiger partial charge in [0.2, 0.25) is 0 Å². The molecule has 2 heterocycles. The third-order valence-corrected chi connectivity index (χ3v) is 4.54. The lowest BCUT2D eigenvalue weighted by atomic mass is 10.1. The molecule has 26 heavy (non-hydrogen) atoms. The zero-order valence-electron chi connectivity index (χ0n) is 14.0. The summed E-state index contributed by atoms with van der Waals surface area (Å²) in [6.45, 7) is 1.39. The van der Waals surface area contributed by atoms with Crippen LogP contribution in [0.4, 0.5) is 8.78 Å². The van der Waals surface area contributed by atoms with E-state index in [1.807, 2.05) is 0 Å². The van der Waals surface area contributed by atoms with Crippen LogP contribution >= 0.6 is 0 Å². The molecule has 6 heteroatoms. The van der Waals surface area contributed by atoms with E-state index in [4.69, 9.17) is 0 Å². The van der Waals surface area contributed by atoms with Gasteiger partial charge in [0, 0.05) is 18.7 Å². The van der Waals surface area contributed by atoms with E-state index in [0.29, 0.717) is 35.7 Å². The summed E-state index contributed by atoms with van der Waals surface area (Å²) in [7, 11) is 0. The highest BCUT2D eigenvalue weighted by Gasteiger charge is 2.25. The second-order valence-electron chi connectivity index (χ2n) is 6.28. The smallest absolute Gasteiger partial charge is 0.272 e. The Kier molecular flexibility index (Phi) is 4.24. The standard InChI is InChI=1S/C20H17F2N3O/c21-14-7-9-15(10-8-14)25-19(20(26)24-11-3-4-12-24)13-18(23-25)16-5-1-2-6-17(16)22/h1-2,5-10,13H,3-4,11-12H2. The number of carbonyl (C=O) groups is 1. The van der Waals surface area contributed by atoms with Crippen molar-refractivity contribution in [1.29, 1.82) is 0 Å². The molecule has 3 aromatic rings. The minimum Gasteiger partial charge on any atom is -0.337 e. The van der Waals surface area contributed by atoms with Gasteiger partial charge in [0.05, 0.1) is 11.4 Å². The van der Waals surface area contributed by atoms with Crippen molar-refractivity contribution < 1.29 is 13.6 Å². The van der Waals surface area contributed by atoms with Crippen LogP contribution in [0.2, 0.25) is 0 Å². The Balaban J connectivity index is 1.83. The first kappa shape index (κ1) is 16.4. The number of benzene rings is 2. The van der Waals surface area contributed by atoms with Gasteiger partial charge in [-0.15, -0.1) is 0 Å². The topological polar surface area (TPSA) is 38.1 Å². The van der Waals surface area contributed by atoms with E-state index >= 15 is 0 Å². The third-order valence-electron chi connectivity index (χ3n) is 4.54. The van der Waals surface area contributed by atoms with E-state index in [9.17, 15) is 13.6 Å². The molecule has 0 aliphatic carbocycles. The molecule has 0 spiro atoms. The van der Waals surface area contributed by atoms with E-state index in [2.05, 4.69) is 5.10 Å². The Labute approximate surface area is 149 Å². The second-order valence-corrected chi connectivity index (χ2v) is 6.28. The maximum absolute atomic E-state index is 14.2. The first-order chi connectivity index (χ1) is 12.6. The molecule has 1 saturated heterocycles. The molecule has 1 fully saturated rings. The van der Waals surface area contributed by atoms with Gasteiger partial charge in [0.15, 0.2) is 0 Å². The van der Waals surface area contributed by atoms with Gasteiger partial charge in [-0.05, 0) is 55.3 Å². The highest BCUT2D eigenvalue weighted by atomic mass is 19.1. The Morgan fingerprint density at radius 2 is 1.65 bits per heavy atom. The van der Waals surface area contributed by atoms with Crippen molar-refractivity contribution in [2.24, 2.45) is 0 Å². The molecule has 2 aromatic carbocycles. The predicted octanol–water partition coefficient (Wildman–Crippen LogP) is 4.05. The van der Waals surface area contributed by atoms with Crippen LogP contribution in [-0.2, 0) is 0 Å². The van der Waals surface area contributed by atoms with Gasteiger partial charge in [-0.25, -0.2) is 13.5 Å². The average Bonchev–Trinajstić information content (AvgIpc) is 3.32. The lowest BCUT2D eigenvalue weighted by Crippen LogP contribution is -2.29. The maximum atomic E-state index is 14.2. The first-order valence-electron chi connectivity index (χ1n) is 8.54.